The number of fused-ring (bicyclic) bond motifs is 1. The van der Waals surface area contributed by atoms with E-state index in [1.165, 1.54) is 19.5 Å². The number of carbonyl (C=O) groups excluding carboxylic acids is 1. The van der Waals surface area contributed by atoms with Crippen molar-refractivity contribution in [3.05, 3.63) is 78.1 Å². The summed E-state index contributed by atoms with van der Waals surface area (Å²) in [5.41, 5.74) is 2.42. The number of amides is 1. The van der Waals surface area contributed by atoms with Crippen LogP contribution in [0.5, 0.6) is 11.8 Å². The van der Waals surface area contributed by atoms with E-state index >= 15 is 0 Å². The second-order valence-electron chi connectivity index (χ2n) is 7.88. The molecule has 0 unspecified atom stereocenters. The van der Waals surface area contributed by atoms with Gasteiger partial charge in [0.2, 0.25) is 0 Å². The normalized spacial score (nSPS) is 10.9. The number of ether oxygens (including phenoxy) is 2. The molecule has 2 N–H and O–H groups in total. The third-order valence-electron chi connectivity index (χ3n) is 5.57. The maximum atomic E-state index is 12.8. The van der Waals surface area contributed by atoms with Crippen LogP contribution in [0.15, 0.2) is 67.0 Å². The lowest BCUT2D eigenvalue weighted by atomic mass is 10.2. The molecule has 5 rings (SSSR count). The Morgan fingerprint density at radius 1 is 1.00 bits per heavy atom. The van der Waals surface area contributed by atoms with E-state index in [1.54, 1.807) is 42.1 Å². The first kappa shape index (κ1) is 23.5. The van der Waals surface area contributed by atoms with Crippen LogP contribution >= 0.6 is 0 Å². The Bertz CT molecular complexity index is 1590. The van der Waals surface area contributed by atoms with Crippen molar-refractivity contribution in [1.82, 2.24) is 29.3 Å². The maximum absolute atomic E-state index is 12.8. The number of imidazole rings is 1. The molecule has 0 saturated heterocycles. The number of anilines is 1. The fourth-order valence-electron chi connectivity index (χ4n) is 3.80. The molecule has 0 aliphatic rings. The van der Waals surface area contributed by atoms with Crippen LogP contribution < -0.4 is 14.8 Å². The average Bonchev–Trinajstić information content (AvgIpc) is 3.50. The Hall–Kier alpha value is -5.26. The summed E-state index contributed by atoms with van der Waals surface area (Å²) in [5.74, 6) is 0.582. The standard InChI is InChI=1S/C25H21N7O5/c1-36-17-9-7-15(8-10-17)14-31-20(22-28-18-5-3-4-6-19(18)32(22)25(34)35)11-21(30-31)29-23(33)16-12-26-24(37-2)27-13-16/h3-13H,14H2,1-2H3,(H,34,35)(H,29,30,33). The number of hydrogen-bond donors (Lipinski definition) is 2. The lowest BCUT2D eigenvalue weighted by Gasteiger charge is -2.09. The van der Waals surface area contributed by atoms with Crippen molar-refractivity contribution >= 4 is 28.9 Å². The molecule has 0 radical (unpaired) electrons. The highest BCUT2D eigenvalue weighted by Crippen LogP contribution is 2.28. The molecule has 0 atom stereocenters. The first-order valence-electron chi connectivity index (χ1n) is 11.1. The maximum Gasteiger partial charge on any atom is 0.417 e. The average molecular weight is 499 g/mol. The van der Waals surface area contributed by atoms with Crippen LogP contribution in [0.2, 0.25) is 0 Å². The van der Waals surface area contributed by atoms with Crippen molar-refractivity contribution in [3.63, 3.8) is 0 Å². The van der Waals surface area contributed by atoms with Crippen molar-refractivity contribution in [2.75, 3.05) is 19.5 Å². The lowest BCUT2D eigenvalue weighted by molar-refractivity contribution is 0.102. The summed E-state index contributed by atoms with van der Waals surface area (Å²) >= 11 is 0. The molecule has 3 aromatic heterocycles. The van der Waals surface area contributed by atoms with E-state index in [4.69, 9.17) is 9.47 Å². The number of hydrogen-bond acceptors (Lipinski definition) is 8. The minimum absolute atomic E-state index is 0.134. The summed E-state index contributed by atoms with van der Waals surface area (Å²) in [5, 5.41) is 17.2. The number of benzene rings is 2. The molecule has 3 heterocycles. The van der Waals surface area contributed by atoms with Crippen LogP contribution in [0.1, 0.15) is 15.9 Å². The van der Waals surface area contributed by atoms with E-state index in [2.05, 4.69) is 25.4 Å². The quantitative estimate of drug-likeness (QED) is 0.343. The molecule has 0 bridgehead atoms. The number of carboxylic acid groups (broad SMARTS) is 1. The third kappa shape index (κ3) is 4.67. The van der Waals surface area contributed by atoms with Gasteiger partial charge in [0.25, 0.3) is 5.91 Å². The van der Waals surface area contributed by atoms with E-state index in [0.29, 0.717) is 22.5 Å². The first-order valence-corrected chi connectivity index (χ1v) is 11.1. The molecule has 0 saturated carbocycles. The Kier molecular flexibility index (Phi) is 6.20. The molecule has 0 fully saturated rings. The molecule has 186 valence electrons. The van der Waals surface area contributed by atoms with Gasteiger partial charge >= 0.3 is 12.1 Å². The molecule has 2 aromatic carbocycles. The van der Waals surface area contributed by atoms with Gasteiger partial charge < -0.3 is 19.9 Å². The minimum Gasteiger partial charge on any atom is -0.497 e. The molecule has 12 nitrogen and oxygen atoms in total. The largest absolute Gasteiger partial charge is 0.497 e. The fourth-order valence-corrected chi connectivity index (χ4v) is 3.80. The zero-order chi connectivity index (χ0) is 25.9. The van der Waals surface area contributed by atoms with Crippen LogP contribution in [0.4, 0.5) is 10.6 Å². The van der Waals surface area contributed by atoms with Crippen LogP contribution in [-0.2, 0) is 6.54 Å². The minimum atomic E-state index is -1.19. The predicted molar refractivity (Wildman–Crippen MR) is 133 cm³/mol. The van der Waals surface area contributed by atoms with Crippen molar-refractivity contribution in [1.29, 1.82) is 0 Å². The highest BCUT2D eigenvalue weighted by molar-refractivity contribution is 6.03. The summed E-state index contributed by atoms with van der Waals surface area (Å²) in [6.07, 6.45) is 1.47. The molecule has 12 heteroatoms. The van der Waals surface area contributed by atoms with E-state index in [-0.39, 0.29) is 29.8 Å². The van der Waals surface area contributed by atoms with Crippen molar-refractivity contribution in [2.24, 2.45) is 0 Å². The Morgan fingerprint density at radius 2 is 1.73 bits per heavy atom. The van der Waals surface area contributed by atoms with Gasteiger partial charge in [-0.3, -0.25) is 9.48 Å². The van der Waals surface area contributed by atoms with Gasteiger partial charge in [0.05, 0.1) is 37.4 Å². The van der Waals surface area contributed by atoms with Crippen LogP contribution in [0.25, 0.3) is 22.6 Å². The van der Waals surface area contributed by atoms with Gasteiger partial charge in [-0.25, -0.2) is 24.3 Å². The van der Waals surface area contributed by atoms with Crippen LogP contribution in [0, 0.1) is 0 Å². The summed E-state index contributed by atoms with van der Waals surface area (Å²) in [6.45, 7) is 0.281. The summed E-state index contributed by atoms with van der Waals surface area (Å²) in [4.78, 5) is 37.5. The van der Waals surface area contributed by atoms with E-state index in [1.807, 2.05) is 24.3 Å². The molecule has 37 heavy (non-hydrogen) atoms. The van der Waals surface area contributed by atoms with Crippen molar-refractivity contribution in [3.8, 4) is 23.3 Å². The monoisotopic (exact) mass is 499 g/mol. The van der Waals surface area contributed by atoms with Gasteiger partial charge in [0.1, 0.15) is 11.4 Å². The Morgan fingerprint density at radius 3 is 2.41 bits per heavy atom. The third-order valence-corrected chi connectivity index (χ3v) is 5.57. The number of para-hydroxylation sites is 2. The summed E-state index contributed by atoms with van der Waals surface area (Å²) in [6, 6.07) is 16.0. The molecular formula is C25H21N7O5. The zero-order valence-corrected chi connectivity index (χ0v) is 19.8. The topological polar surface area (TPSA) is 146 Å². The number of carbonyl (C=O) groups is 2. The van der Waals surface area contributed by atoms with Gasteiger partial charge in [-0.1, -0.05) is 24.3 Å². The molecule has 0 aliphatic heterocycles. The van der Waals surface area contributed by atoms with E-state index in [0.717, 1.165) is 10.1 Å². The summed E-state index contributed by atoms with van der Waals surface area (Å²) in [7, 11) is 3.01. The lowest BCUT2D eigenvalue weighted by Crippen LogP contribution is -2.14. The molecule has 0 aliphatic carbocycles. The van der Waals surface area contributed by atoms with Gasteiger partial charge in [0.15, 0.2) is 11.6 Å². The van der Waals surface area contributed by atoms with Crippen LogP contribution in [-0.4, -0.2) is 60.6 Å². The number of rotatable bonds is 7. The second-order valence-corrected chi connectivity index (χ2v) is 7.88. The Balaban J connectivity index is 1.56. The highest BCUT2D eigenvalue weighted by atomic mass is 16.5. The Labute approximate surface area is 210 Å². The number of methoxy groups -OCH3 is 2. The number of aromatic nitrogens is 6. The molecule has 0 spiro atoms. The molecule has 5 aromatic rings. The molecule has 1 amide bonds. The van der Waals surface area contributed by atoms with Crippen LogP contribution in [0.3, 0.4) is 0 Å². The van der Waals surface area contributed by atoms with Crippen molar-refractivity contribution in [2.45, 2.75) is 6.54 Å². The zero-order valence-electron chi connectivity index (χ0n) is 19.8. The fraction of sp³-hybridized carbons (Fsp3) is 0.120. The van der Waals surface area contributed by atoms with Gasteiger partial charge in [-0.2, -0.15) is 5.10 Å². The second kappa shape index (κ2) is 9.77. The highest BCUT2D eigenvalue weighted by Gasteiger charge is 2.23. The summed E-state index contributed by atoms with van der Waals surface area (Å²) < 4.78 is 12.8. The van der Waals surface area contributed by atoms with E-state index < -0.39 is 12.0 Å². The predicted octanol–water partition coefficient (Wildman–Crippen LogP) is 3.53. The van der Waals surface area contributed by atoms with Gasteiger partial charge in [0, 0.05) is 18.5 Å². The first-order chi connectivity index (χ1) is 18.0. The number of nitrogens with one attached hydrogen (secondary N) is 1. The van der Waals surface area contributed by atoms with Crippen molar-refractivity contribution < 1.29 is 24.2 Å². The number of nitrogens with zero attached hydrogens (tertiary/aromatic N) is 6. The SMILES string of the molecule is COc1ccc(Cn2nc(NC(=O)c3cnc(OC)nc3)cc2-c2nc3ccccc3n2C(=O)O)cc1. The smallest absolute Gasteiger partial charge is 0.417 e. The van der Waals surface area contributed by atoms with E-state index in [9.17, 15) is 14.7 Å². The molecular weight excluding hydrogens is 478 g/mol. The van der Waals surface area contributed by atoms with Gasteiger partial charge in [-0.05, 0) is 29.8 Å². The van der Waals surface area contributed by atoms with Gasteiger partial charge in [-0.15, -0.1) is 0 Å².